The fourth-order valence-corrected chi connectivity index (χ4v) is 2.85. The van der Waals surface area contributed by atoms with Gasteiger partial charge in [0.15, 0.2) is 5.52 Å². The molecule has 4 aromatic rings. The number of hydrogen-bond acceptors (Lipinski definition) is 0. The van der Waals surface area contributed by atoms with Crippen molar-refractivity contribution in [3.63, 3.8) is 0 Å². The highest BCUT2D eigenvalue weighted by atomic mass is 35.5. The van der Waals surface area contributed by atoms with Gasteiger partial charge in [0.25, 0.3) is 5.82 Å². The number of pyridine rings is 1. The summed E-state index contributed by atoms with van der Waals surface area (Å²) >= 11 is 6.02. The number of nitrogens with zero attached hydrogens (tertiary/aromatic N) is 2. The molecule has 106 valence electrons. The smallest absolute Gasteiger partial charge is 0.195 e. The van der Waals surface area contributed by atoms with Crippen molar-refractivity contribution in [3.05, 3.63) is 90.2 Å². The van der Waals surface area contributed by atoms with Crippen LogP contribution in [0.3, 0.4) is 0 Å². The van der Waals surface area contributed by atoms with Gasteiger partial charge in [-0.05, 0) is 48.5 Å². The number of halogens is 1. The van der Waals surface area contributed by atoms with Gasteiger partial charge in [0.2, 0.25) is 0 Å². The maximum absolute atomic E-state index is 6.02. The van der Waals surface area contributed by atoms with Gasteiger partial charge in [0.05, 0.1) is 11.8 Å². The topological polar surface area (TPSA) is 8.29 Å². The van der Waals surface area contributed by atoms with Crippen LogP contribution >= 0.6 is 11.6 Å². The lowest BCUT2D eigenvalue weighted by molar-refractivity contribution is -0.582. The Balaban J connectivity index is 2.04. The summed E-state index contributed by atoms with van der Waals surface area (Å²) in [5, 5.41) is 0.745. The van der Waals surface area contributed by atoms with Crippen molar-refractivity contribution >= 4 is 17.1 Å². The lowest BCUT2D eigenvalue weighted by Gasteiger charge is -2.02. The highest BCUT2D eigenvalue weighted by molar-refractivity contribution is 6.30. The van der Waals surface area contributed by atoms with E-state index in [-0.39, 0.29) is 0 Å². The number of imidazole rings is 1. The van der Waals surface area contributed by atoms with Crippen LogP contribution in [0.4, 0.5) is 0 Å². The van der Waals surface area contributed by atoms with Crippen LogP contribution in [0.2, 0.25) is 5.02 Å². The van der Waals surface area contributed by atoms with Crippen LogP contribution in [0, 0.1) is 0 Å². The van der Waals surface area contributed by atoms with E-state index < -0.39 is 0 Å². The highest BCUT2D eigenvalue weighted by Gasteiger charge is 2.20. The van der Waals surface area contributed by atoms with Crippen molar-refractivity contribution in [1.29, 1.82) is 0 Å². The number of hydrogen-bond donors (Lipinski definition) is 0. The Morgan fingerprint density at radius 3 is 2.27 bits per heavy atom. The lowest BCUT2D eigenvalue weighted by Crippen LogP contribution is -2.31. The maximum atomic E-state index is 6.02. The summed E-state index contributed by atoms with van der Waals surface area (Å²) < 4.78 is 4.39. The number of benzene rings is 2. The molecule has 0 N–H and O–H groups in total. The van der Waals surface area contributed by atoms with E-state index in [4.69, 9.17) is 11.6 Å². The molecular weight excluding hydrogens is 292 g/mol. The summed E-state index contributed by atoms with van der Waals surface area (Å²) in [6.45, 7) is 0. The van der Waals surface area contributed by atoms with E-state index in [9.17, 15) is 0 Å². The van der Waals surface area contributed by atoms with E-state index >= 15 is 0 Å². The molecule has 0 unspecified atom stereocenters. The van der Waals surface area contributed by atoms with Gasteiger partial charge in [-0.15, -0.1) is 0 Å². The van der Waals surface area contributed by atoms with E-state index in [1.807, 2.05) is 36.4 Å². The van der Waals surface area contributed by atoms with E-state index in [0.717, 1.165) is 22.1 Å². The van der Waals surface area contributed by atoms with Crippen LogP contribution in [-0.4, -0.2) is 4.40 Å². The first kappa shape index (κ1) is 13.1. The zero-order valence-electron chi connectivity index (χ0n) is 11.9. The zero-order chi connectivity index (χ0) is 14.9. The molecule has 3 heteroatoms. The Morgan fingerprint density at radius 2 is 1.50 bits per heavy atom. The highest BCUT2D eigenvalue weighted by Crippen LogP contribution is 2.20. The zero-order valence-corrected chi connectivity index (χ0v) is 12.6. The maximum Gasteiger partial charge on any atom is 0.299 e. The summed E-state index contributed by atoms with van der Waals surface area (Å²) in [5.41, 5.74) is 3.41. The molecule has 22 heavy (non-hydrogen) atoms. The molecule has 0 saturated heterocycles. The molecule has 0 aliphatic carbocycles. The molecule has 4 rings (SSSR count). The van der Waals surface area contributed by atoms with Crippen molar-refractivity contribution in [2.45, 2.75) is 0 Å². The van der Waals surface area contributed by atoms with Gasteiger partial charge in [-0.25, -0.2) is 0 Å². The standard InChI is InChI=1S/C19H14ClN2/c20-16-9-11-17(12-10-16)22-14-18-8-4-5-13-21(18)19(22)15-6-2-1-3-7-15/h1-14H/q+1. The molecule has 2 nitrogen and oxygen atoms in total. The van der Waals surface area contributed by atoms with Crippen molar-refractivity contribution in [2.75, 3.05) is 0 Å². The molecule has 0 spiro atoms. The Hall–Kier alpha value is -2.58. The molecule has 0 radical (unpaired) electrons. The first-order valence-corrected chi connectivity index (χ1v) is 7.54. The van der Waals surface area contributed by atoms with Gasteiger partial charge >= 0.3 is 0 Å². The Bertz CT molecular complexity index is 925. The fraction of sp³-hybridized carbons (Fsp3) is 0. The second kappa shape index (κ2) is 5.32. The Morgan fingerprint density at radius 1 is 0.773 bits per heavy atom. The van der Waals surface area contributed by atoms with Gasteiger partial charge < -0.3 is 0 Å². The molecule has 0 amide bonds. The third kappa shape index (κ3) is 2.18. The molecule has 2 aromatic heterocycles. The van der Waals surface area contributed by atoms with Crippen LogP contribution < -0.4 is 4.57 Å². The van der Waals surface area contributed by atoms with Gasteiger partial charge in [0, 0.05) is 5.02 Å². The predicted octanol–water partition coefficient (Wildman–Crippen LogP) is 4.54. The Kier molecular flexibility index (Phi) is 3.17. The minimum Gasteiger partial charge on any atom is -0.195 e. The van der Waals surface area contributed by atoms with Gasteiger partial charge in [-0.1, -0.05) is 35.9 Å². The summed E-state index contributed by atoms with van der Waals surface area (Å²) in [6, 6.07) is 24.5. The minimum absolute atomic E-state index is 0.745. The first-order chi connectivity index (χ1) is 10.8. The third-order valence-corrected chi connectivity index (χ3v) is 4.00. The van der Waals surface area contributed by atoms with E-state index in [1.165, 1.54) is 5.56 Å². The average Bonchev–Trinajstić information content (AvgIpc) is 2.96. The molecule has 0 fully saturated rings. The number of rotatable bonds is 2. The molecule has 0 atom stereocenters. The van der Waals surface area contributed by atoms with Crippen LogP contribution in [0.5, 0.6) is 0 Å². The lowest BCUT2D eigenvalue weighted by atomic mass is 10.2. The molecule has 0 saturated carbocycles. The van der Waals surface area contributed by atoms with E-state index in [2.05, 4.69) is 57.8 Å². The van der Waals surface area contributed by atoms with Gasteiger partial charge in [-0.2, -0.15) is 8.97 Å². The quantitative estimate of drug-likeness (QED) is 0.481. The molecule has 0 aliphatic heterocycles. The summed E-state index contributed by atoms with van der Waals surface area (Å²) in [6.07, 6.45) is 4.23. The van der Waals surface area contributed by atoms with Crippen LogP contribution in [0.25, 0.3) is 22.6 Å². The van der Waals surface area contributed by atoms with E-state index in [1.54, 1.807) is 0 Å². The molecule has 0 bridgehead atoms. The monoisotopic (exact) mass is 305 g/mol. The van der Waals surface area contributed by atoms with Crippen molar-refractivity contribution in [2.24, 2.45) is 0 Å². The van der Waals surface area contributed by atoms with Crippen molar-refractivity contribution < 1.29 is 4.57 Å². The van der Waals surface area contributed by atoms with Crippen LogP contribution in [-0.2, 0) is 0 Å². The largest absolute Gasteiger partial charge is 0.299 e. The third-order valence-electron chi connectivity index (χ3n) is 3.75. The average molecular weight is 306 g/mol. The molecule has 0 aliphatic rings. The molecular formula is C19H14ClN2+. The van der Waals surface area contributed by atoms with Crippen molar-refractivity contribution in [3.8, 4) is 17.1 Å². The normalized spacial score (nSPS) is 11.0. The SMILES string of the molecule is Clc1ccc(-[n+]2cc3ccccn3c2-c2ccccc2)cc1. The Labute approximate surface area is 133 Å². The summed E-state index contributed by atoms with van der Waals surface area (Å²) in [5.74, 6) is 1.12. The van der Waals surface area contributed by atoms with Crippen LogP contribution in [0.15, 0.2) is 85.2 Å². The summed E-state index contributed by atoms with van der Waals surface area (Å²) in [7, 11) is 0. The molecule has 2 aromatic carbocycles. The first-order valence-electron chi connectivity index (χ1n) is 7.16. The number of aromatic nitrogens is 2. The second-order valence-corrected chi connectivity index (χ2v) is 5.60. The summed E-state index contributed by atoms with van der Waals surface area (Å²) in [4.78, 5) is 0. The molecule has 2 heterocycles. The number of fused-ring (bicyclic) bond motifs is 1. The van der Waals surface area contributed by atoms with Gasteiger partial charge in [0.1, 0.15) is 11.9 Å². The van der Waals surface area contributed by atoms with Gasteiger partial charge in [-0.3, -0.25) is 0 Å². The van der Waals surface area contributed by atoms with E-state index in [0.29, 0.717) is 0 Å². The minimum atomic E-state index is 0.745. The van der Waals surface area contributed by atoms with Crippen LogP contribution in [0.1, 0.15) is 0 Å². The van der Waals surface area contributed by atoms with Crippen molar-refractivity contribution in [1.82, 2.24) is 4.40 Å². The fourth-order valence-electron chi connectivity index (χ4n) is 2.73. The predicted molar refractivity (Wildman–Crippen MR) is 89.4 cm³/mol. The second-order valence-electron chi connectivity index (χ2n) is 5.16.